The Morgan fingerprint density at radius 1 is 1.24 bits per heavy atom. The van der Waals surface area contributed by atoms with Crippen LogP contribution in [0, 0.1) is 17.7 Å². The van der Waals surface area contributed by atoms with Crippen LogP contribution in [-0.2, 0) is 6.18 Å². The summed E-state index contributed by atoms with van der Waals surface area (Å²) in [6.07, 6.45) is -3.79. The van der Waals surface area contributed by atoms with E-state index < -0.39 is 17.6 Å². The Balaban J connectivity index is 2.85. The number of aliphatic hydroxyl groups is 1. The van der Waals surface area contributed by atoms with Gasteiger partial charge in [0.05, 0.1) is 5.56 Å². The fourth-order valence-corrected chi connectivity index (χ4v) is 1.15. The highest BCUT2D eigenvalue weighted by atomic mass is 19.4. The van der Waals surface area contributed by atoms with Crippen LogP contribution >= 0.6 is 0 Å². The van der Waals surface area contributed by atoms with Crippen LogP contribution in [0.4, 0.5) is 17.6 Å². The van der Waals surface area contributed by atoms with Crippen molar-refractivity contribution in [3.05, 3.63) is 35.1 Å². The summed E-state index contributed by atoms with van der Waals surface area (Å²) < 4.78 is 49.8. The summed E-state index contributed by atoms with van der Waals surface area (Å²) >= 11 is 0. The van der Waals surface area contributed by atoms with E-state index in [0.29, 0.717) is 18.9 Å². The highest BCUT2D eigenvalue weighted by Gasteiger charge is 2.33. The molecule has 0 radical (unpaired) electrons. The Kier molecular flexibility index (Phi) is 4.53. The molecule has 0 saturated carbocycles. The lowest BCUT2D eigenvalue weighted by Crippen LogP contribution is -2.07. The Morgan fingerprint density at radius 3 is 2.47 bits per heavy atom. The molecule has 1 rings (SSSR count). The number of benzene rings is 1. The van der Waals surface area contributed by atoms with E-state index in [4.69, 9.17) is 5.11 Å². The molecular weight excluding hydrogens is 236 g/mol. The smallest absolute Gasteiger partial charge is 0.396 e. The summed E-state index contributed by atoms with van der Waals surface area (Å²) in [5, 5.41) is 8.48. The van der Waals surface area contributed by atoms with Gasteiger partial charge in [-0.05, 0) is 24.6 Å². The van der Waals surface area contributed by atoms with Gasteiger partial charge in [-0.1, -0.05) is 11.8 Å². The molecule has 1 aromatic rings. The van der Waals surface area contributed by atoms with Gasteiger partial charge in [-0.3, -0.25) is 0 Å². The van der Waals surface area contributed by atoms with E-state index in [2.05, 4.69) is 11.8 Å². The zero-order valence-electron chi connectivity index (χ0n) is 8.81. The first-order valence-electron chi connectivity index (χ1n) is 4.91. The second-order valence-corrected chi connectivity index (χ2v) is 3.32. The molecular formula is C12H10F4O. The van der Waals surface area contributed by atoms with Gasteiger partial charge < -0.3 is 5.11 Å². The quantitative estimate of drug-likeness (QED) is 0.483. The molecule has 1 nitrogen and oxygen atoms in total. The lowest BCUT2D eigenvalue weighted by atomic mass is 10.1. The maximum Gasteiger partial charge on any atom is 0.419 e. The Morgan fingerprint density at radius 2 is 1.94 bits per heavy atom. The summed E-state index contributed by atoms with van der Waals surface area (Å²) in [6.45, 7) is -0.00392. The standard InChI is InChI=1S/C12H10F4O/c13-11-8-9(4-2-1-3-7-17)5-6-10(11)12(14,15)16/h5-6,8,17H,1,3,7H2. The van der Waals surface area contributed by atoms with Crippen LogP contribution in [-0.4, -0.2) is 11.7 Å². The highest BCUT2D eigenvalue weighted by Crippen LogP contribution is 2.31. The maximum absolute atomic E-state index is 13.1. The number of rotatable bonds is 2. The maximum atomic E-state index is 13.1. The number of alkyl halides is 3. The van der Waals surface area contributed by atoms with E-state index in [-0.39, 0.29) is 12.2 Å². The van der Waals surface area contributed by atoms with Gasteiger partial charge in [0.15, 0.2) is 0 Å². The molecule has 0 unspecified atom stereocenters. The monoisotopic (exact) mass is 246 g/mol. The Hall–Kier alpha value is -1.54. The lowest BCUT2D eigenvalue weighted by Gasteiger charge is -2.07. The Labute approximate surface area is 96.1 Å². The van der Waals surface area contributed by atoms with E-state index in [0.717, 1.165) is 12.1 Å². The molecule has 0 heterocycles. The summed E-state index contributed by atoms with van der Waals surface area (Å²) in [5.74, 6) is 3.83. The van der Waals surface area contributed by atoms with E-state index in [1.807, 2.05) is 0 Å². The van der Waals surface area contributed by atoms with Crippen molar-refractivity contribution in [2.45, 2.75) is 19.0 Å². The molecule has 0 amide bonds. The average Bonchev–Trinajstić information content (AvgIpc) is 2.23. The third-order valence-corrected chi connectivity index (χ3v) is 1.97. The van der Waals surface area contributed by atoms with Gasteiger partial charge in [0.1, 0.15) is 5.82 Å². The van der Waals surface area contributed by atoms with Gasteiger partial charge in [0.2, 0.25) is 0 Å². The zero-order valence-corrected chi connectivity index (χ0v) is 8.81. The van der Waals surface area contributed by atoms with E-state index in [1.165, 1.54) is 0 Å². The fourth-order valence-electron chi connectivity index (χ4n) is 1.15. The van der Waals surface area contributed by atoms with Crippen molar-refractivity contribution in [1.82, 2.24) is 0 Å². The minimum Gasteiger partial charge on any atom is -0.396 e. The van der Waals surface area contributed by atoms with Crippen LogP contribution < -0.4 is 0 Å². The van der Waals surface area contributed by atoms with Gasteiger partial charge in [0.25, 0.3) is 0 Å². The fraction of sp³-hybridized carbons (Fsp3) is 0.333. The van der Waals surface area contributed by atoms with E-state index in [9.17, 15) is 17.6 Å². The lowest BCUT2D eigenvalue weighted by molar-refractivity contribution is -0.140. The summed E-state index contributed by atoms with van der Waals surface area (Å²) in [6, 6.07) is 2.55. The molecule has 1 aromatic carbocycles. The van der Waals surface area contributed by atoms with Crippen molar-refractivity contribution in [3.63, 3.8) is 0 Å². The van der Waals surface area contributed by atoms with Gasteiger partial charge in [-0.2, -0.15) is 13.2 Å². The highest BCUT2D eigenvalue weighted by molar-refractivity contribution is 5.37. The van der Waals surface area contributed by atoms with Crippen molar-refractivity contribution in [2.75, 3.05) is 6.61 Å². The summed E-state index contributed by atoms with van der Waals surface area (Å²) in [5.41, 5.74) is -1.10. The van der Waals surface area contributed by atoms with Crippen LogP contribution in [0.25, 0.3) is 0 Å². The van der Waals surface area contributed by atoms with Gasteiger partial charge >= 0.3 is 6.18 Å². The molecule has 0 saturated heterocycles. The first-order valence-corrected chi connectivity index (χ1v) is 4.91. The molecule has 0 atom stereocenters. The van der Waals surface area contributed by atoms with Crippen molar-refractivity contribution in [2.24, 2.45) is 0 Å². The van der Waals surface area contributed by atoms with Crippen LogP contribution in [0.15, 0.2) is 18.2 Å². The molecule has 0 aromatic heterocycles. The van der Waals surface area contributed by atoms with Crippen LogP contribution in [0.5, 0.6) is 0 Å². The number of unbranched alkanes of at least 4 members (excludes halogenated alkanes) is 1. The molecule has 0 fully saturated rings. The van der Waals surface area contributed by atoms with Gasteiger partial charge in [-0.25, -0.2) is 4.39 Å². The molecule has 0 aliphatic carbocycles. The second kappa shape index (κ2) is 5.69. The van der Waals surface area contributed by atoms with Gasteiger partial charge in [-0.15, -0.1) is 0 Å². The predicted molar refractivity (Wildman–Crippen MR) is 54.6 cm³/mol. The van der Waals surface area contributed by atoms with Gasteiger partial charge in [0, 0.05) is 18.6 Å². The second-order valence-electron chi connectivity index (χ2n) is 3.32. The summed E-state index contributed by atoms with van der Waals surface area (Å²) in [4.78, 5) is 0. The summed E-state index contributed by atoms with van der Waals surface area (Å²) in [7, 11) is 0. The van der Waals surface area contributed by atoms with E-state index >= 15 is 0 Å². The SMILES string of the molecule is OCCCC#Cc1ccc(C(F)(F)F)c(F)c1. The van der Waals surface area contributed by atoms with Crippen molar-refractivity contribution in [3.8, 4) is 11.8 Å². The third-order valence-electron chi connectivity index (χ3n) is 1.97. The normalized spacial score (nSPS) is 10.9. The molecule has 0 bridgehead atoms. The largest absolute Gasteiger partial charge is 0.419 e. The molecule has 0 aliphatic heterocycles. The van der Waals surface area contributed by atoms with Crippen LogP contribution in [0.1, 0.15) is 24.0 Å². The minimum atomic E-state index is -4.69. The Bertz CT molecular complexity index is 440. The number of aliphatic hydroxyl groups excluding tert-OH is 1. The first kappa shape index (κ1) is 13.5. The minimum absolute atomic E-state index is 0.00392. The van der Waals surface area contributed by atoms with Crippen molar-refractivity contribution >= 4 is 0 Å². The molecule has 5 heteroatoms. The topological polar surface area (TPSA) is 20.2 Å². The average molecular weight is 246 g/mol. The van der Waals surface area contributed by atoms with E-state index in [1.54, 1.807) is 0 Å². The molecule has 1 N–H and O–H groups in total. The van der Waals surface area contributed by atoms with Crippen LogP contribution in [0.2, 0.25) is 0 Å². The third kappa shape index (κ3) is 4.08. The van der Waals surface area contributed by atoms with Crippen LogP contribution in [0.3, 0.4) is 0 Å². The van der Waals surface area contributed by atoms with Crippen molar-refractivity contribution in [1.29, 1.82) is 0 Å². The first-order chi connectivity index (χ1) is 7.95. The molecule has 0 spiro atoms. The predicted octanol–water partition coefficient (Wildman–Crippen LogP) is 2.97. The molecule has 0 aliphatic rings. The molecule has 17 heavy (non-hydrogen) atoms. The zero-order chi connectivity index (χ0) is 12.9. The van der Waals surface area contributed by atoms with Crippen molar-refractivity contribution < 1.29 is 22.7 Å². The number of hydrogen-bond acceptors (Lipinski definition) is 1. The number of hydrogen-bond donors (Lipinski definition) is 1. The molecule has 92 valence electrons. The number of halogens is 4.